The lowest BCUT2D eigenvalue weighted by Gasteiger charge is -2.04. The van der Waals surface area contributed by atoms with Crippen molar-refractivity contribution in [3.8, 4) is 12.3 Å². The summed E-state index contributed by atoms with van der Waals surface area (Å²) in [5.74, 6) is 0.687. The molecule has 0 saturated heterocycles. The van der Waals surface area contributed by atoms with Crippen molar-refractivity contribution >= 4 is 5.97 Å². The molecular formula is C7H7F3O2. The summed E-state index contributed by atoms with van der Waals surface area (Å²) in [4.78, 5) is 10.2. The molecule has 0 atom stereocenters. The van der Waals surface area contributed by atoms with Crippen LogP contribution in [0.2, 0.25) is 0 Å². The Bertz CT molecular complexity index is 190. The molecule has 0 N–H and O–H groups in total. The molecule has 0 amide bonds. The highest BCUT2D eigenvalue weighted by atomic mass is 19.4. The largest absolute Gasteiger partial charge is 0.456 e. The van der Waals surface area contributed by atoms with Gasteiger partial charge in [0.05, 0.1) is 6.61 Å². The summed E-state index contributed by atoms with van der Waals surface area (Å²) >= 11 is 0. The van der Waals surface area contributed by atoms with E-state index in [9.17, 15) is 18.0 Å². The van der Waals surface area contributed by atoms with Crippen LogP contribution in [0.1, 0.15) is 12.8 Å². The maximum atomic E-state index is 11.5. The number of halogens is 3. The summed E-state index contributed by atoms with van der Waals surface area (Å²) in [6.07, 6.45) is -0.833. The highest BCUT2D eigenvalue weighted by molar-refractivity contribution is 5.87. The molecule has 0 bridgehead atoms. The molecule has 0 aliphatic carbocycles. The predicted molar refractivity (Wildman–Crippen MR) is 35.1 cm³/mol. The number of alkyl halides is 3. The Balaban J connectivity index is 3.36. The van der Waals surface area contributed by atoms with E-state index in [1.165, 1.54) is 0 Å². The smallest absolute Gasteiger partial charge is 0.389 e. The third-order valence-corrected chi connectivity index (χ3v) is 0.956. The Morgan fingerprint density at radius 2 is 2.08 bits per heavy atom. The first-order chi connectivity index (χ1) is 5.45. The number of ether oxygens (including phenoxy) is 1. The van der Waals surface area contributed by atoms with Crippen molar-refractivity contribution in [2.45, 2.75) is 19.0 Å². The van der Waals surface area contributed by atoms with Gasteiger partial charge in [-0.2, -0.15) is 13.2 Å². The van der Waals surface area contributed by atoms with Crippen LogP contribution in [-0.4, -0.2) is 18.8 Å². The van der Waals surface area contributed by atoms with Crippen LogP contribution in [-0.2, 0) is 9.53 Å². The van der Waals surface area contributed by atoms with E-state index >= 15 is 0 Å². The van der Waals surface area contributed by atoms with Crippen LogP contribution in [0.25, 0.3) is 0 Å². The number of esters is 1. The van der Waals surface area contributed by atoms with Crippen LogP contribution in [0.5, 0.6) is 0 Å². The molecule has 5 heteroatoms. The number of terminal acetylenes is 1. The number of hydrogen-bond donors (Lipinski definition) is 0. The molecule has 0 aromatic carbocycles. The molecule has 0 aromatic heterocycles. The average molecular weight is 180 g/mol. The van der Waals surface area contributed by atoms with Crippen LogP contribution >= 0.6 is 0 Å². The summed E-state index contributed by atoms with van der Waals surface area (Å²) in [7, 11) is 0. The molecule has 12 heavy (non-hydrogen) atoms. The van der Waals surface area contributed by atoms with E-state index in [2.05, 4.69) is 11.2 Å². The molecule has 0 spiro atoms. The van der Waals surface area contributed by atoms with E-state index in [1.807, 2.05) is 0 Å². The zero-order chi connectivity index (χ0) is 9.61. The number of carbonyl (C=O) groups excluding carboxylic acids is 1. The number of rotatable bonds is 3. The van der Waals surface area contributed by atoms with Crippen molar-refractivity contribution in [3.63, 3.8) is 0 Å². The van der Waals surface area contributed by atoms with Crippen molar-refractivity contribution in [1.29, 1.82) is 0 Å². The molecular weight excluding hydrogens is 173 g/mol. The van der Waals surface area contributed by atoms with Crippen LogP contribution in [0.15, 0.2) is 0 Å². The standard InChI is InChI=1S/C7H7F3O2/c1-2-6(11)12-5-3-4-7(8,9)10/h1H,3-5H2. The van der Waals surface area contributed by atoms with Gasteiger partial charge in [-0.05, 0) is 6.42 Å². The van der Waals surface area contributed by atoms with Crippen LogP contribution in [0.4, 0.5) is 13.2 Å². The van der Waals surface area contributed by atoms with Crippen molar-refractivity contribution < 1.29 is 22.7 Å². The maximum Gasteiger partial charge on any atom is 0.389 e. The van der Waals surface area contributed by atoms with E-state index in [1.54, 1.807) is 5.92 Å². The van der Waals surface area contributed by atoms with Crippen LogP contribution in [0, 0.1) is 12.3 Å². The topological polar surface area (TPSA) is 26.3 Å². The third kappa shape index (κ3) is 6.93. The zero-order valence-corrected chi connectivity index (χ0v) is 6.15. The summed E-state index contributed by atoms with van der Waals surface area (Å²) < 4.78 is 38.7. The molecule has 0 unspecified atom stereocenters. The highest BCUT2D eigenvalue weighted by Gasteiger charge is 2.26. The zero-order valence-electron chi connectivity index (χ0n) is 6.15. The molecule has 68 valence electrons. The molecule has 0 rings (SSSR count). The van der Waals surface area contributed by atoms with E-state index in [-0.39, 0.29) is 13.0 Å². The Hall–Kier alpha value is -1.18. The SMILES string of the molecule is C#CC(=O)OCCCC(F)(F)F. The summed E-state index contributed by atoms with van der Waals surface area (Å²) in [6.45, 7) is -0.289. The van der Waals surface area contributed by atoms with Gasteiger partial charge in [-0.1, -0.05) is 0 Å². The predicted octanol–water partition coefficient (Wildman–Crippen LogP) is 1.51. The lowest BCUT2D eigenvalue weighted by molar-refractivity contribution is -0.145. The quantitative estimate of drug-likeness (QED) is 0.285. The molecule has 0 heterocycles. The third-order valence-electron chi connectivity index (χ3n) is 0.956. The second kappa shape index (κ2) is 4.65. The molecule has 0 aliphatic rings. The fourth-order valence-electron chi connectivity index (χ4n) is 0.479. The average Bonchev–Trinajstić information content (AvgIpc) is 1.96. The normalized spacial score (nSPS) is 10.5. The monoisotopic (exact) mass is 180 g/mol. The van der Waals surface area contributed by atoms with Gasteiger partial charge >= 0.3 is 12.1 Å². The second-order valence-corrected chi connectivity index (χ2v) is 2.00. The Morgan fingerprint density at radius 1 is 1.50 bits per heavy atom. The Labute approximate surface area is 67.7 Å². The van der Waals surface area contributed by atoms with Gasteiger partial charge in [0.25, 0.3) is 0 Å². The van der Waals surface area contributed by atoms with E-state index in [4.69, 9.17) is 0 Å². The fourth-order valence-corrected chi connectivity index (χ4v) is 0.479. The van der Waals surface area contributed by atoms with Crippen molar-refractivity contribution in [2.75, 3.05) is 6.61 Å². The molecule has 0 aromatic rings. The van der Waals surface area contributed by atoms with Gasteiger partial charge in [0.15, 0.2) is 0 Å². The molecule has 0 aliphatic heterocycles. The first-order valence-corrected chi connectivity index (χ1v) is 3.16. The van der Waals surface area contributed by atoms with Gasteiger partial charge < -0.3 is 4.74 Å². The molecule has 2 nitrogen and oxygen atoms in total. The fraction of sp³-hybridized carbons (Fsp3) is 0.571. The first-order valence-electron chi connectivity index (χ1n) is 3.16. The summed E-state index contributed by atoms with van der Waals surface area (Å²) in [5, 5.41) is 0. The van der Waals surface area contributed by atoms with Crippen molar-refractivity contribution in [2.24, 2.45) is 0 Å². The Kier molecular flexibility index (Phi) is 4.19. The van der Waals surface area contributed by atoms with Gasteiger partial charge in [-0.25, -0.2) is 4.79 Å². The van der Waals surface area contributed by atoms with Crippen LogP contribution < -0.4 is 0 Å². The molecule has 0 saturated carbocycles. The van der Waals surface area contributed by atoms with E-state index in [0.717, 1.165) is 0 Å². The van der Waals surface area contributed by atoms with Gasteiger partial charge in [0, 0.05) is 12.3 Å². The minimum atomic E-state index is -4.21. The lowest BCUT2D eigenvalue weighted by Crippen LogP contribution is -2.10. The van der Waals surface area contributed by atoms with Gasteiger partial charge in [0.1, 0.15) is 0 Å². The number of hydrogen-bond acceptors (Lipinski definition) is 2. The minimum absolute atomic E-state index is 0.253. The van der Waals surface area contributed by atoms with E-state index < -0.39 is 18.6 Å². The van der Waals surface area contributed by atoms with Gasteiger partial charge in [0.2, 0.25) is 0 Å². The molecule has 0 radical (unpaired) electrons. The van der Waals surface area contributed by atoms with Gasteiger partial charge in [-0.3, -0.25) is 0 Å². The highest BCUT2D eigenvalue weighted by Crippen LogP contribution is 2.20. The van der Waals surface area contributed by atoms with E-state index in [0.29, 0.717) is 0 Å². The number of carbonyl (C=O) groups is 1. The first kappa shape index (κ1) is 10.8. The maximum absolute atomic E-state index is 11.5. The van der Waals surface area contributed by atoms with Crippen molar-refractivity contribution in [3.05, 3.63) is 0 Å². The minimum Gasteiger partial charge on any atom is -0.456 e. The van der Waals surface area contributed by atoms with Gasteiger partial charge in [-0.15, -0.1) is 6.42 Å². The summed E-state index contributed by atoms with van der Waals surface area (Å²) in [6, 6.07) is 0. The Morgan fingerprint density at radius 3 is 2.50 bits per heavy atom. The molecule has 0 fully saturated rings. The second-order valence-electron chi connectivity index (χ2n) is 2.00. The van der Waals surface area contributed by atoms with Crippen molar-refractivity contribution in [1.82, 2.24) is 0 Å². The summed E-state index contributed by atoms with van der Waals surface area (Å²) in [5.41, 5.74) is 0. The van der Waals surface area contributed by atoms with Crippen LogP contribution in [0.3, 0.4) is 0 Å². The lowest BCUT2D eigenvalue weighted by atomic mass is 10.3.